The molecular weight excluding hydrogens is 351 g/mol. The lowest BCUT2D eigenvalue weighted by molar-refractivity contribution is 0.0183. The molecule has 8 heteroatoms. The Hall–Kier alpha value is -2.35. The second-order valence-corrected chi connectivity index (χ2v) is 5.70. The molecule has 0 spiro atoms. The van der Waals surface area contributed by atoms with Gasteiger partial charge in [-0.2, -0.15) is 0 Å². The highest BCUT2D eigenvalue weighted by molar-refractivity contribution is 6.31. The van der Waals surface area contributed by atoms with Gasteiger partial charge in [-0.3, -0.25) is 0 Å². The van der Waals surface area contributed by atoms with Crippen molar-refractivity contribution in [3.63, 3.8) is 0 Å². The predicted molar refractivity (Wildman–Crippen MR) is 91.4 cm³/mol. The number of benzene rings is 2. The summed E-state index contributed by atoms with van der Waals surface area (Å²) in [5.74, 6) is -0.874. The number of nitrogens with two attached hydrogens (primary N) is 1. The van der Waals surface area contributed by atoms with Crippen molar-refractivity contribution in [1.82, 2.24) is 5.32 Å². The SMILES string of the molecule is Nc1ccc(C(O)C(O)CNC(=O)OCc2ccccc2)c(Cl)c1F. The highest BCUT2D eigenvalue weighted by Gasteiger charge is 2.24. The molecule has 2 aromatic carbocycles. The topological polar surface area (TPSA) is 105 Å². The first-order chi connectivity index (χ1) is 11.9. The molecule has 0 aliphatic heterocycles. The van der Waals surface area contributed by atoms with E-state index in [2.05, 4.69) is 5.32 Å². The average molecular weight is 369 g/mol. The molecule has 2 rings (SSSR count). The van der Waals surface area contributed by atoms with Crippen molar-refractivity contribution in [2.45, 2.75) is 18.8 Å². The van der Waals surface area contributed by atoms with Gasteiger partial charge in [-0.05, 0) is 11.6 Å². The second-order valence-electron chi connectivity index (χ2n) is 5.33. The van der Waals surface area contributed by atoms with E-state index in [-0.39, 0.29) is 29.4 Å². The number of aliphatic hydroxyl groups excluding tert-OH is 2. The van der Waals surface area contributed by atoms with Gasteiger partial charge in [-0.1, -0.05) is 48.0 Å². The number of nitrogen functional groups attached to an aromatic ring is 1. The third-order valence-electron chi connectivity index (χ3n) is 3.49. The van der Waals surface area contributed by atoms with Crippen LogP contribution in [0.4, 0.5) is 14.9 Å². The lowest BCUT2D eigenvalue weighted by Gasteiger charge is -2.20. The van der Waals surface area contributed by atoms with Crippen LogP contribution in [0.3, 0.4) is 0 Å². The number of anilines is 1. The normalized spacial score (nSPS) is 13.1. The maximum absolute atomic E-state index is 13.7. The van der Waals surface area contributed by atoms with E-state index >= 15 is 0 Å². The molecule has 2 aromatic rings. The largest absolute Gasteiger partial charge is 0.445 e. The molecule has 0 heterocycles. The number of nitrogens with one attached hydrogen (secondary N) is 1. The molecule has 0 aliphatic rings. The molecule has 1 amide bonds. The Morgan fingerprint density at radius 2 is 1.92 bits per heavy atom. The highest BCUT2D eigenvalue weighted by Crippen LogP contribution is 2.30. The van der Waals surface area contributed by atoms with Crippen molar-refractivity contribution in [2.75, 3.05) is 12.3 Å². The van der Waals surface area contributed by atoms with E-state index < -0.39 is 24.1 Å². The number of carbonyl (C=O) groups excluding carboxylic acids is 1. The summed E-state index contributed by atoms with van der Waals surface area (Å²) in [6.45, 7) is -0.239. The Morgan fingerprint density at radius 1 is 1.24 bits per heavy atom. The van der Waals surface area contributed by atoms with Crippen LogP contribution in [0, 0.1) is 5.82 Å². The molecule has 0 saturated heterocycles. The average Bonchev–Trinajstić information content (AvgIpc) is 2.63. The number of ether oxygens (including phenoxy) is 1. The summed E-state index contributed by atoms with van der Waals surface area (Å²) >= 11 is 5.78. The van der Waals surface area contributed by atoms with E-state index in [1.807, 2.05) is 18.2 Å². The first-order valence-electron chi connectivity index (χ1n) is 7.44. The first kappa shape index (κ1) is 19.0. The zero-order chi connectivity index (χ0) is 18.4. The smallest absolute Gasteiger partial charge is 0.407 e. The fourth-order valence-corrected chi connectivity index (χ4v) is 2.37. The molecule has 0 bridgehead atoms. The van der Waals surface area contributed by atoms with E-state index in [9.17, 15) is 19.4 Å². The molecule has 0 aliphatic carbocycles. The second kappa shape index (κ2) is 8.66. The molecule has 0 aromatic heterocycles. The zero-order valence-corrected chi connectivity index (χ0v) is 13.9. The Bertz CT molecular complexity index is 730. The van der Waals surface area contributed by atoms with Gasteiger partial charge in [0.25, 0.3) is 0 Å². The van der Waals surface area contributed by atoms with Gasteiger partial charge in [-0.25, -0.2) is 9.18 Å². The van der Waals surface area contributed by atoms with Crippen LogP contribution >= 0.6 is 11.6 Å². The van der Waals surface area contributed by atoms with Gasteiger partial charge in [0.2, 0.25) is 0 Å². The summed E-state index contributed by atoms with van der Waals surface area (Å²) < 4.78 is 18.6. The third-order valence-corrected chi connectivity index (χ3v) is 3.88. The van der Waals surface area contributed by atoms with Gasteiger partial charge in [0.05, 0.1) is 10.7 Å². The quantitative estimate of drug-likeness (QED) is 0.586. The van der Waals surface area contributed by atoms with Crippen molar-refractivity contribution in [1.29, 1.82) is 0 Å². The van der Waals surface area contributed by atoms with Gasteiger partial charge < -0.3 is 26.0 Å². The van der Waals surface area contributed by atoms with Gasteiger partial charge in [0, 0.05) is 12.1 Å². The fourth-order valence-electron chi connectivity index (χ4n) is 2.09. The Morgan fingerprint density at radius 3 is 2.60 bits per heavy atom. The maximum Gasteiger partial charge on any atom is 0.407 e. The van der Waals surface area contributed by atoms with Crippen molar-refractivity contribution >= 4 is 23.4 Å². The van der Waals surface area contributed by atoms with Crippen LogP contribution in [-0.2, 0) is 11.3 Å². The van der Waals surface area contributed by atoms with Crippen LogP contribution in [0.25, 0.3) is 0 Å². The number of aliphatic hydroxyl groups is 2. The standard InChI is InChI=1S/C17H18ClFN2O4/c18-14-11(6-7-12(20)15(14)19)16(23)13(22)8-21-17(24)25-9-10-4-2-1-3-5-10/h1-7,13,16,22-23H,8-9,20H2,(H,21,24). The van der Waals surface area contributed by atoms with Crippen LogP contribution in [0.1, 0.15) is 17.2 Å². The summed E-state index contributed by atoms with van der Waals surface area (Å²) in [6.07, 6.45) is -3.67. The van der Waals surface area contributed by atoms with E-state index in [0.29, 0.717) is 0 Å². The lowest BCUT2D eigenvalue weighted by atomic mass is 10.0. The Kier molecular flexibility index (Phi) is 6.58. The van der Waals surface area contributed by atoms with Gasteiger partial charge in [0.15, 0.2) is 5.82 Å². The van der Waals surface area contributed by atoms with Gasteiger partial charge in [0.1, 0.15) is 18.8 Å². The summed E-state index contributed by atoms with van der Waals surface area (Å²) in [5.41, 5.74) is 5.98. The molecule has 2 atom stereocenters. The van der Waals surface area contributed by atoms with Crippen molar-refractivity contribution in [3.8, 4) is 0 Å². The van der Waals surface area contributed by atoms with Crippen molar-refractivity contribution in [2.24, 2.45) is 0 Å². The minimum Gasteiger partial charge on any atom is -0.445 e. The Balaban J connectivity index is 1.86. The first-order valence-corrected chi connectivity index (χ1v) is 7.82. The molecule has 0 radical (unpaired) electrons. The van der Waals surface area contributed by atoms with E-state index in [4.69, 9.17) is 22.1 Å². The molecule has 2 unspecified atom stereocenters. The van der Waals surface area contributed by atoms with E-state index in [1.54, 1.807) is 12.1 Å². The van der Waals surface area contributed by atoms with Crippen molar-refractivity contribution < 1.29 is 24.1 Å². The third kappa shape index (κ3) is 5.06. The number of alkyl carbamates (subject to hydrolysis) is 1. The summed E-state index contributed by atoms with van der Waals surface area (Å²) in [6, 6.07) is 11.6. The lowest BCUT2D eigenvalue weighted by Crippen LogP contribution is -2.35. The number of hydrogen-bond acceptors (Lipinski definition) is 5. The minimum absolute atomic E-state index is 0.0275. The molecular formula is C17H18ClFN2O4. The fraction of sp³-hybridized carbons (Fsp3) is 0.235. The monoisotopic (exact) mass is 368 g/mol. The van der Waals surface area contributed by atoms with Crippen LogP contribution in [-0.4, -0.2) is 29.0 Å². The van der Waals surface area contributed by atoms with Crippen molar-refractivity contribution in [3.05, 3.63) is 64.4 Å². The maximum atomic E-state index is 13.7. The molecule has 0 saturated carbocycles. The van der Waals surface area contributed by atoms with Crippen LogP contribution in [0.2, 0.25) is 5.02 Å². The number of amides is 1. The van der Waals surface area contributed by atoms with Crippen LogP contribution < -0.4 is 11.1 Å². The highest BCUT2D eigenvalue weighted by atomic mass is 35.5. The van der Waals surface area contributed by atoms with E-state index in [1.165, 1.54) is 12.1 Å². The van der Waals surface area contributed by atoms with Crippen LogP contribution in [0.15, 0.2) is 42.5 Å². The molecule has 0 fully saturated rings. The molecule has 5 N–H and O–H groups in total. The summed E-state index contributed by atoms with van der Waals surface area (Å²) in [5, 5.41) is 22.0. The zero-order valence-electron chi connectivity index (χ0n) is 13.2. The van der Waals surface area contributed by atoms with Gasteiger partial charge >= 0.3 is 6.09 Å². The summed E-state index contributed by atoms with van der Waals surface area (Å²) in [7, 11) is 0. The number of carbonyl (C=O) groups is 1. The number of rotatable bonds is 6. The number of halogens is 2. The molecule has 134 valence electrons. The minimum atomic E-state index is -1.50. The molecule has 6 nitrogen and oxygen atoms in total. The van der Waals surface area contributed by atoms with E-state index in [0.717, 1.165) is 5.56 Å². The predicted octanol–water partition coefficient (Wildman–Crippen LogP) is 2.38. The number of hydrogen-bond donors (Lipinski definition) is 4. The van der Waals surface area contributed by atoms with Crippen LogP contribution in [0.5, 0.6) is 0 Å². The summed E-state index contributed by atoms with van der Waals surface area (Å²) in [4.78, 5) is 11.6. The Labute approximate surface area is 149 Å². The molecule has 25 heavy (non-hydrogen) atoms. The van der Waals surface area contributed by atoms with Gasteiger partial charge in [-0.15, -0.1) is 0 Å².